The predicted octanol–water partition coefficient (Wildman–Crippen LogP) is 1.23. The van der Waals surface area contributed by atoms with Crippen molar-refractivity contribution < 1.29 is 19.8 Å². The Labute approximate surface area is 124 Å². The van der Waals surface area contributed by atoms with Crippen LogP contribution in [0.3, 0.4) is 0 Å². The zero-order valence-electron chi connectivity index (χ0n) is 12.2. The molecule has 1 amide bonds. The maximum absolute atomic E-state index is 12.2. The van der Waals surface area contributed by atoms with Gasteiger partial charge in [-0.15, -0.1) is 0 Å². The number of aliphatic hydroxyl groups excluding tert-OH is 1. The van der Waals surface area contributed by atoms with Crippen LogP contribution in [0.1, 0.15) is 30.9 Å². The van der Waals surface area contributed by atoms with Crippen molar-refractivity contribution in [2.45, 2.75) is 44.8 Å². The lowest BCUT2D eigenvalue weighted by Crippen LogP contribution is -2.40. The number of β-amino-alcohol motifs (C(OH)–C–C–N with tert-alkyl or cyclic N) is 1. The minimum Gasteiger partial charge on any atom is -0.480 e. The van der Waals surface area contributed by atoms with Crippen LogP contribution in [0.25, 0.3) is 0 Å². The van der Waals surface area contributed by atoms with Crippen LogP contribution >= 0.6 is 0 Å². The zero-order valence-corrected chi connectivity index (χ0v) is 12.2. The molecule has 0 aliphatic carbocycles. The number of carbonyl (C=O) groups is 2. The quantitative estimate of drug-likeness (QED) is 0.855. The summed E-state index contributed by atoms with van der Waals surface area (Å²) in [6, 6.07) is 7.19. The predicted molar refractivity (Wildman–Crippen MR) is 77.9 cm³/mol. The summed E-state index contributed by atoms with van der Waals surface area (Å²) in [6.45, 7) is 2.20. The first-order valence-corrected chi connectivity index (χ1v) is 7.29. The summed E-state index contributed by atoms with van der Waals surface area (Å²) in [5, 5.41) is 18.6. The lowest BCUT2D eigenvalue weighted by Gasteiger charge is -2.21. The lowest BCUT2D eigenvalue weighted by atomic mass is 10.1. The van der Waals surface area contributed by atoms with Gasteiger partial charge in [0.25, 0.3) is 0 Å². The molecule has 1 aromatic carbocycles. The number of nitrogens with zero attached hydrogens (tertiary/aromatic N) is 1. The van der Waals surface area contributed by atoms with Crippen molar-refractivity contribution in [2.24, 2.45) is 0 Å². The molecule has 0 bridgehead atoms. The van der Waals surface area contributed by atoms with Crippen molar-refractivity contribution in [1.82, 2.24) is 4.90 Å². The van der Waals surface area contributed by atoms with Gasteiger partial charge < -0.3 is 15.1 Å². The van der Waals surface area contributed by atoms with Gasteiger partial charge in [0.15, 0.2) is 0 Å². The van der Waals surface area contributed by atoms with E-state index in [2.05, 4.69) is 6.92 Å². The molecule has 0 spiro atoms. The second kappa shape index (κ2) is 6.72. The van der Waals surface area contributed by atoms with E-state index in [1.165, 1.54) is 10.5 Å². The summed E-state index contributed by atoms with van der Waals surface area (Å²) in [6.07, 6.45) is 1.21. The van der Waals surface area contributed by atoms with E-state index in [1.54, 1.807) is 0 Å². The molecule has 1 heterocycles. The number of hydrogen-bond acceptors (Lipinski definition) is 3. The highest BCUT2D eigenvalue weighted by Crippen LogP contribution is 2.20. The SMILES string of the molecule is CCc1ccc(CCC(=O)N2CC(O)C[C@H]2C(=O)O)cc1. The van der Waals surface area contributed by atoms with Crippen molar-refractivity contribution in [3.05, 3.63) is 35.4 Å². The first-order valence-electron chi connectivity index (χ1n) is 7.29. The summed E-state index contributed by atoms with van der Waals surface area (Å²) in [7, 11) is 0. The molecule has 1 saturated heterocycles. The van der Waals surface area contributed by atoms with Crippen molar-refractivity contribution in [3.8, 4) is 0 Å². The zero-order chi connectivity index (χ0) is 15.4. The van der Waals surface area contributed by atoms with E-state index in [0.717, 1.165) is 12.0 Å². The fourth-order valence-corrected chi connectivity index (χ4v) is 2.66. The molecule has 5 heteroatoms. The molecule has 1 aliphatic rings. The lowest BCUT2D eigenvalue weighted by molar-refractivity contribution is -0.148. The largest absolute Gasteiger partial charge is 0.480 e. The maximum atomic E-state index is 12.2. The molecular formula is C16H21NO4. The highest BCUT2D eigenvalue weighted by molar-refractivity contribution is 5.84. The first kappa shape index (κ1) is 15.5. The van der Waals surface area contributed by atoms with Gasteiger partial charge in [-0.05, 0) is 24.0 Å². The van der Waals surface area contributed by atoms with E-state index in [-0.39, 0.29) is 25.3 Å². The van der Waals surface area contributed by atoms with E-state index in [4.69, 9.17) is 5.11 Å². The Morgan fingerprint density at radius 2 is 1.86 bits per heavy atom. The average Bonchev–Trinajstić information content (AvgIpc) is 2.87. The van der Waals surface area contributed by atoms with E-state index in [9.17, 15) is 14.7 Å². The molecule has 1 aromatic rings. The second-order valence-corrected chi connectivity index (χ2v) is 5.46. The van der Waals surface area contributed by atoms with Crippen LogP contribution in [0.4, 0.5) is 0 Å². The van der Waals surface area contributed by atoms with E-state index >= 15 is 0 Å². The fourth-order valence-electron chi connectivity index (χ4n) is 2.66. The van der Waals surface area contributed by atoms with Gasteiger partial charge in [0.05, 0.1) is 6.10 Å². The van der Waals surface area contributed by atoms with Crippen LogP contribution in [-0.2, 0) is 22.4 Å². The van der Waals surface area contributed by atoms with Crippen LogP contribution in [0, 0.1) is 0 Å². The molecule has 2 N–H and O–H groups in total. The van der Waals surface area contributed by atoms with Gasteiger partial charge in [-0.3, -0.25) is 4.79 Å². The molecule has 0 radical (unpaired) electrons. The number of benzene rings is 1. The average molecular weight is 291 g/mol. The Balaban J connectivity index is 1.92. The number of aliphatic hydroxyl groups is 1. The summed E-state index contributed by atoms with van der Waals surface area (Å²) >= 11 is 0. The van der Waals surface area contributed by atoms with E-state index in [0.29, 0.717) is 6.42 Å². The van der Waals surface area contributed by atoms with Gasteiger partial charge in [0, 0.05) is 19.4 Å². The van der Waals surface area contributed by atoms with Crippen LogP contribution < -0.4 is 0 Å². The van der Waals surface area contributed by atoms with Gasteiger partial charge in [-0.25, -0.2) is 4.79 Å². The van der Waals surface area contributed by atoms with Crippen molar-refractivity contribution in [1.29, 1.82) is 0 Å². The molecule has 2 rings (SSSR count). The third-order valence-corrected chi connectivity index (χ3v) is 3.94. The van der Waals surface area contributed by atoms with Crippen LogP contribution in [0.2, 0.25) is 0 Å². The molecule has 2 atom stereocenters. The Morgan fingerprint density at radius 3 is 2.43 bits per heavy atom. The van der Waals surface area contributed by atoms with Gasteiger partial charge >= 0.3 is 5.97 Å². The topological polar surface area (TPSA) is 77.8 Å². The number of carboxylic acid groups (broad SMARTS) is 1. The monoisotopic (exact) mass is 291 g/mol. The van der Waals surface area contributed by atoms with Gasteiger partial charge in [0.1, 0.15) is 6.04 Å². The molecule has 0 aromatic heterocycles. The van der Waals surface area contributed by atoms with Crippen molar-refractivity contribution >= 4 is 11.9 Å². The van der Waals surface area contributed by atoms with Gasteiger partial charge in [-0.1, -0.05) is 31.2 Å². The summed E-state index contributed by atoms with van der Waals surface area (Å²) in [4.78, 5) is 24.5. The fraction of sp³-hybridized carbons (Fsp3) is 0.500. The molecular weight excluding hydrogens is 270 g/mol. The highest BCUT2D eigenvalue weighted by atomic mass is 16.4. The Hall–Kier alpha value is -1.88. The molecule has 21 heavy (non-hydrogen) atoms. The molecule has 5 nitrogen and oxygen atoms in total. The Kier molecular flexibility index (Phi) is 4.96. The normalized spacial score (nSPS) is 21.5. The minimum absolute atomic E-state index is 0.116. The highest BCUT2D eigenvalue weighted by Gasteiger charge is 2.38. The molecule has 0 saturated carbocycles. The standard InChI is InChI=1S/C16H21NO4/c1-2-11-3-5-12(6-4-11)7-8-15(19)17-10-13(18)9-14(17)16(20)21/h3-6,13-14,18H,2,7-10H2,1H3,(H,20,21)/t13?,14-/m0/s1. The number of aryl methyl sites for hydroxylation is 2. The third kappa shape index (κ3) is 3.82. The molecule has 1 unspecified atom stereocenters. The number of rotatable bonds is 5. The summed E-state index contributed by atoms with van der Waals surface area (Å²) in [5.41, 5.74) is 2.31. The van der Waals surface area contributed by atoms with Crippen LogP contribution in [-0.4, -0.2) is 45.7 Å². The van der Waals surface area contributed by atoms with E-state index < -0.39 is 18.1 Å². The molecule has 114 valence electrons. The number of carboxylic acids is 1. The number of hydrogen-bond donors (Lipinski definition) is 2. The van der Waals surface area contributed by atoms with Crippen LogP contribution in [0.15, 0.2) is 24.3 Å². The third-order valence-electron chi connectivity index (χ3n) is 3.94. The van der Waals surface area contributed by atoms with Crippen molar-refractivity contribution in [3.63, 3.8) is 0 Å². The summed E-state index contributed by atoms with van der Waals surface area (Å²) in [5.74, 6) is -1.26. The van der Waals surface area contributed by atoms with Gasteiger partial charge in [-0.2, -0.15) is 0 Å². The first-order chi connectivity index (χ1) is 10.0. The van der Waals surface area contributed by atoms with Crippen LogP contribution in [0.5, 0.6) is 0 Å². The summed E-state index contributed by atoms with van der Waals surface area (Å²) < 4.78 is 0. The molecule has 1 fully saturated rings. The maximum Gasteiger partial charge on any atom is 0.326 e. The molecule has 1 aliphatic heterocycles. The number of aliphatic carboxylic acids is 1. The number of likely N-dealkylation sites (tertiary alicyclic amines) is 1. The number of carbonyl (C=O) groups excluding carboxylic acids is 1. The number of amides is 1. The second-order valence-electron chi connectivity index (χ2n) is 5.46. The van der Waals surface area contributed by atoms with Gasteiger partial charge in [0.2, 0.25) is 5.91 Å². The Bertz CT molecular complexity index is 512. The minimum atomic E-state index is -1.05. The Morgan fingerprint density at radius 1 is 1.24 bits per heavy atom. The van der Waals surface area contributed by atoms with Crippen molar-refractivity contribution in [2.75, 3.05) is 6.54 Å². The van der Waals surface area contributed by atoms with E-state index in [1.807, 2.05) is 24.3 Å². The smallest absolute Gasteiger partial charge is 0.326 e.